The minimum Gasteiger partial charge on any atom is -0.481 e. The fourth-order valence-electron chi connectivity index (χ4n) is 2.40. The summed E-state index contributed by atoms with van der Waals surface area (Å²) < 4.78 is 6.14. The van der Waals surface area contributed by atoms with Gasteiger partial charge in [0.25, 0.3) is 5.91 Å². The molecule has 0 radical (unpaired) electrons. The Hall–Kier alpha value is -1.53. The molecule has 1 aliphatic rings. The standard InChI is InChI=1S/C16H15BrN2O2S/c1-21-14-10-12(6-7-18-14)15(20)19-8-9-22-16(19)11-2-4-13(17)5-3-11/h2-7,10,16H,8-9H2,1H3. The first-order valence-corrected chi connectivity index (χ1v) is 8.71. The highest BCUT2D eigenvalue weighted by Gasteiger charge is 2.31. The molecule has 1 atom stereocenters. The number of methoxy groups -OCH3 is 1. The van der Waals surface area contributed by atoms with Crippen molar-refractivity contribution in [3.63, 3.8) is 0 Å². The van der Waals surface area contributed by atoms with Crippen LogP contribution in [-0.4, -0.2) is 35.2 Å². The number of hydrogen-bond donors (Lipinski definition) is 0. The second-order valence-corrected chi connectivity index (χ2v) is 6.96. The van der Waals surface area contributed by atoms with Gasteiger partial charge in [0, 0.05) is 34.6 Å². The van der Waals surface area contributed by atoms with Crippen LogP contribution in [0.25, 0.3) is 0 Å². The van der Waals surface area contributed by atoms with Gasteiger partial charge in [0.2, 0.25) is 5.88 Å². The number of hydrogen-bond acceptors (Lipinski definition) is 4. The Morgan fingerprint density at radius 3 is 2.86 bits per heavy atom. The molecule has 22 heavy (non-hydrogen) atoms. The predicted molar refractivity (Wildman–Crippen MR) is 91.2 cm³/mol. The zero-order chi connectivity index (χ0) is 15.5. The summed E-state index contributed by atoms with van der Waals surface area (Å²) in [6, 6.07) is 11.5. The third-order valence-electron chi connectivity index (χ3n) is 3.50. The molecule has 1 aliphatic heterocycles. The molecule has 6 heteroatoms. The Labute approximate surface area is 142 Å². The molecule has 0 spiro atoms. The van der Waals surface area contributed by atoms with Crippen molar-refractivity contribution in [2.75, 3.05) is 19.4 Å². The zero-order valence-electron chi connectivity index (χ0n) is 12.0. The number of nitrogens with zero attached hydrogens (tertiary/aromatic N) is 2. The minimum atomic E-state index is 0.0126. The summed E-state index contributed by atoms with van der Waals surface area (Å²) in [5.41, 5.74) is 1.75. The van der Waals surface area contributed by atoms with Crippen molar-refractivity contribution in [2.45, 2.75) is 5.37 Å². The maximum Gasteiger partial charge on any atom is 0.255 e. The molecule has 1 unspecified atom stereocenters. The van der Waals surface area contributed by atoms with E-state index in [1.54, 1.807) is 37.2 Å². The summed E-state index contributed by atoms with van der Waals surface area (Å²) in [5, 5.41) is 0.0553. The molecule has 2 heterocycles. The molecular formula is C16H15BrN2O2S. The van der Waals surface area contributed by atoms with E-state index in [2.05, 4.69) is 33.0 Å². The van der Waals surface area contributed by atoms with Gasteiger partial charge in [-0.1, -0.05) is 28.1 Å². The van der Waals surface area contributed by atoms with Crippen molar-refractivity contribution in [2.24, 2.45) is 0 Å². The Morgan fingerprint density at radius 1 is 1.36 bits per heavy atom. The fraction of sp³-hybridized carbons (Fsp3) is 0.250. The van der Waals surface area contributed by atoms with Crippen LogP contribution < -0.4 is 4.74 Å². The van der Waals surface area contributed by atoms with Gasteiger partial charge in [0.1, 0.15) is 5.37 Å². The predicted octanol–water partition coefficient (Wildman–Crippen LogP) is 3.74. The lowest BCUT2D eigenvalue weighted by atomic mass is 10.1. The fourth-order valence-corrected chi connectivity index (χ4v) is 3.92. The van der Waals surface area contributed by atoms with E-state index in [4.69, 9.17) is 4.74 Å². The normalized spacial score (nSPS) is 17.5. The number of halogens is 1. The van der Waals surface area contributed by atoms with Gasteiger partial charge in [0.15, 0.2) is 0 Å². The maximum atomic E-state index is 12.8. The Bertz CT molecular complexity index is 678. The number of rotatable bonds is 3. The highest BCUT2D eigenvalue weighted by Crippen LogP contribution is 2.39. The molecule has 1 aromatic carbocycles. The number of aromatic nitrogens is 1. The van der Waals surface area contributed by atoms with Gasteiger partial charge < -0.3 is 9.64 Å². The Morgan fingerprint density at radius 2 is 2.14 bits per heavy atom. The molecule has 1 aromatic heterocycles. The zero-order valence-corrected chi connectivity index (χ0v) is 14.4. The van der Waals surface area contributed by atoms with Gasteiger partial charge in [-0.2, -0.15) is 0 Å². The Balaban J connectivity index is 1.85. The largest absolute Gasteiger partial charge is 0.481 e. The van der Waals surface area contributed by atoms with Crippen LogP contribution in [0, 0.1) is 0 Å². The summed E-state index contributed by atoms with van der Waals surface area (Å²) in [7, 11) is 1.55. The second-order valence-electron chi connectivity index (χ2n) is 4.86. The van der Waals surface area contributed by atoms with E-state index in [0.717, 1.165) is 22.3 Å². The van der Waals surface area contributed by atoms with Gasteiger partial charge in [-0.25, -0.2) is 4.98 Å². The Kier molecular flexibility index (Phi) is 4.69. The maximum absolute atomic E-state index is 12.8. The number of carbonyl (C=O) groups excluding carboxylic acids is 1. The third-order valence-corrected chi connectivity index (χ3v) is 5.29. The summed E-state index contributed by atoms with van der Waals surface area (Å²) in [5.74, 6) is 1.41. The smallest absolute Gasteiger partial charge is 0.255 e. The molecule has 2 aromatic rings. The number of amides is 1. The SMILES string of the molecule is COc1cc(C(=O)N2CCSC2c2ccc(Br)cc2)ccn1. The summed E-state index contributed by atoms with van der Waals surface area (Å²) in [4.78, 5) is 18.7. The van der Waals surface area contributed by atoms with E-state index in [-0.39, 0.29) is 11.3 Å². The average molecular weight is 379 g/mol. The number of pyridine rings is 1. The van der Waals surface area contributed by atoms with E-state index >= 15 is 0 Å². The molecule has 1 amide bonds. The molecule has 1 saturated heterocycles. The molecule has 3 rings (SSSR count). The van der Waals surface area contributed by atoms with E-state index in [1.807, 2.05) is 17.0 Å². The summed E-state index contributed by atoms with van der Waals surface area (Å²) in [6.45, 7) is 0.745. The van der Waals surface area contributed by atoms with Crippen LogP contribution in [0.4, 0.5) is 0 Å². The van der Waals surface area contributed by atoms with E-state index in [1.165, 1.54) is 0 Å². The van der Waals surface area contributed by atoms with Gasteiger partial charge >= 0.3 is 0 Å². The lowest BCUT2D eigenvalue weighted by Crippen LogP contribution is -2.30. The van der Waals surface area contributed by atoms with Crippen LogP contribution in [0.5, 0.6) is 5.88 Å². The van der Waals surface area contributed by atoms with Gasteiger partial charge in [-0.3, -0.25) is 4.79 Å². The van der Waals surface area contributed by atoms with Gasteiger partial charge in [-0.05, 0) is 23.8 Å². The third kappa shape index (κ3) is 3.13. The minimum absolute atomic E-state index is 0.0126. The molecule has 4 nitrogen and oxygen atoms in total. The first kappa shape index (κ1) is 15.4. The first-order chi connectivity index (χ1) is 10.7. The van der Waals surface area contributed by atoms with Crippen LogP contribution in [0.1, 0.15) is 21.3 Å². The molecule has 0 aliphatic carbocycles. The number of carbonyl (C=O) groups is 1. The molecule has 0 bridgehead atoms. The van der Waals surface area contributed by atoms with Crippen molar-refractivity contribution >= 4 is 33.6 Å². The van der Waals surface area contributed by atoms with E-state index in [9.17, 15) is 4.79 Å². The van der Waals surface area contributed by atoms with Crippen LogP contribution in [0.2, 0.25) is 0 Å². The van der Waals surface area contributed by atoms with Crippen molar-refractivity contribution in [1.82, 2.24) is 9.88 Å². The van der Waals surface area contributed by atoms with E-state index in [0.29, 0.717) is 11.4 Å². The van der Waals surface area contributed by atoms with Gasteiger partial charge in [0.05, 0.1) is 7.11 Å². The van der Waals surface area contributed by atoms with Crippen LogP contribution in [0.15, 0.2) is 47.1 Å². The number of benzene rings is 1. The molecule has 0 N–H and O–H groups in total. The average Bonchev–Trinajstić information content (AvgIpc) is 3.04. The summed E-state index contributed by atoms with van der Waals surface area (Å²) in [6.07, 6.45) is 1.60. The molecule has 114 valence electrons. The quantitative estimate of drug-likeness (QED) is 0.815. The van der Waals surface area contributed by atoms with Crippen molar-refractivity contribution in [3.8, 4) is 5.88 Å². The van der Waals surface area contributed by atoms with Crippen molar-refractivity contribution in [3.05, 3.63) is 58.2 Å². The first-order valence-electron chi connectivity index (χ1n) is 6.87. The highest BCUT2D eigenvalue weighted by molar-refractivity contribution is 9.10. The van der Waals surface area contributed by atoms with Crippen LogP contribution in [-0.2, 0) is 0 Å². The number of ether oxygens (including phenoxy) is 1. The molecule has 0 saturated carbocycles. The monoisotopic (exact) mass is 378 g/mol. The summed E-state index contributed by atoms with van der Waals surface area (Å²) >= 11 is 5.23. The highest BCUT2D eigenvalue weighted by atomic mass is 79.9. The van der Waals surface area contributed by atoms with Gasteiger partial charge in [-0.15, -0.1) is 11.8 Å². The lowest BCUT2D eigenvalue weighted by Gasteiger charge is -2.24. The lowest BCUT2D eigenvalue weighted by molar-refractivity contribution is 0.0759. The van der Waals surface area contributed by atoms with Crippen LogP contribution in [0.3, 0.4) is 0 Å². The number of thioether (sulfide) groups is 1. The van der Waals surface area contributed by atoms with E-state index < -0.39 is 0 Å². The molecule has 1 fully saturated rings. The topological polar surface area (TPSA) is 42.4 Å². The van der Waals surface area contributed by atoms with Crippen molar-refractivity contribution < 1.29 is 9.53 Å². The second kappa shape index (κ2) is 6.71. The van der Waals surface area contributed by atoms with Crippen LogP contribution >= 0.6 is 27.7 Å². The molecular weight excluding hydrogens is 364 g/mol. The van der Waals surface area contributed by atoms with Crippen molar-refractivity contribution in [1.29, 1.82) is 0 Å².